The average Bonchev–Trinajstić information content (AvgIpc) is 3.32. The lowest BCUT2D eigenvalue weighted by Gasteiger charge is -2.08. The van der Waals surface area contributed by atoms with Gasteiger partial charge < -0.3 is 9.26 Å². The number of rotatable bonds is 8. The van der Waals surface area contributed by atoms with Gasteiger partial charge >= 0.3 is 5.97 Å². The summed E-state index contributed by atoms with van der Waals surface area (Å²) in [4.78, 5) is 20.5. The first-order chi connectivity index (χ1) is 15.5. The van der Waals surface area contributed by atoms with Crippen molar-refractivity contribution < 1.29 is 22.5 Å². The molecular formula is C22H18N4O5S. The number of nitrogens with one attached hydrogen (secondary N) is 1. The van der Waals surface area contributed by atoms with Crippen molar-refractivity contribution in [2.75, 3.05) is 0 Å². The summed E-state index contributed by atoms with van der Waals surface area (Å²) in [6, 6.07) is 18.2. The molecule has 0 bridgehead atoms. The maximum Gasteiger partial charge on any atom is 0.338 e. The predicted molar refractivity (Wildman–Crippen MR) is 114 cm³/mol. The number of hydrogen-bond acceptors (Lipinski definition) is 8. The smallest absolute Gasteiger partial charge is 0.338 e. The molecule has 0 radical (unpaired) electrons. The topological polar surface area (TPSA) is 124 Å². The Morgan fingerprint density at radius 3 is 2.66 bits per heavy atom. The Kier molecular flexibility index (Phi) is 6.34. The Hall–Kier alpha value is -3.89. The average molecular weight is 450 g/mol. The maximum absolute atomic E-state index is 12.6. The van der Waals surface area contributed by atoms with Crippen molar-refractivity contribution in [1.29, 1.82) is 0 Å². The van der Waals surface area contributed by atoms with Crippen molar-refractivity contribution in [3.8, 4) is 11.4 Å². The van der Waals surface area contributed by atoms with Gasteiger partial charge in [-0.15, -0.1) is 0 Å². The lowest BCUT2D eigenvalue weighted by molar-refractivity contribution is 0.0429. The highest BCUT2D eigenvalue weighted by Gasteiger charge is 2.18. The molecule has 1 N–H and O–H groups in total. The van der Waals surface area contributed by atoms with Gasteiger partial charge in [-0.25, -0.2) is 17.9 Å². The summed E-state index contributed by atoms with van der Waals surface area (Å²) >= 11 is 0. The molecule has 2 heterocycles. The third kappa shape index (κ3) is 5.23. The van der Waals surface area contributed by atoms with Gasteiger partial charge in [0.2, 0.25) is 15.8 Å². The molecule has 0 atom stereocenters. The summed E-state index contributed by atoms with van der Waals surface area (Å²) < 4.78 is 38.0. The maximum atomic E-state index is 12.6. The Bertz CT molecular complexity index is 1310. The van der Waals surface area contributed by atoms with Gasteiger partial charge in [0.05, 0.1) is 10.5 Å². The minimum atomic E-state index is -3.81. The molecule has 4 rings (SSSR count). The number of ether oxygens (including phenoxy) is 1. The lowest BCUT2D eigenvalue weighted by Crippen LogP contribution is -2.23. The van der Waals surface area contributed by atoms with E-state index in [4.69, 9.17) is 9.26 Å². The van der Waals surface area contributed by atoms with Crippen LogP contribution in [0.4, 0.5) is 0 Å². The standard InChI is InChI=1S/C22H18N4O5S/c27-22(30-15-20-25-21(26-31-20)18-9-5-11-23-14-18)17-8-4-10-19(12-17)32(28,29)24-13-16-6-2-1-3-7-16/h1-12,14,24H,13,15H2. The zero-order chi connectivity index (χ0) is 22.4. The SMILES string of the molecule is O=C(OCc1nc(-c2cccnc2)no1)c1cccc(S(=O)(=O)NCc2ccccc2)c1. The molecule has 2 aromatic heterocycles. The zero-order valence-electron chi connectivity index (χ0n) is 16.7. The van der Waals surface area contributed by atoms with E-state index in [9.17, 15) is 13.2 Å². The van der Waals surface area contributed by atoms with Gasteiger partial charge in [0.15, 0.2) is 6.61 Å². The molecule has 9 nitrogen and oxygen atoms in total. The molecule has 32 heavy (non-hydrogen) atoms. The number of pyridine rings is 1. The van der Waals surface area contributed by atoms with E-state index in [-0.39, 0.29) is 29.5 Å². The number of benzene rings is 2. The van der Waals surface area contributed by atoms with E-state index in [1.165, 1.54) is 24.3 Å². The van der Waals surface area contributed by atoms with Crippen molar-refractivity contribution in [2.45, 2.75) is 18.0 Å². The lowest BCUT2D eigenvalue weighted by atomic mass is 10.2. The van der Waals surface area contributed by atoms with E-state index in [1.807, 2.05) is 30.3 Å². The fraction of sp³-hybridized carbons (Fsp3) is 0.0909. The van der Waals surface area contributed by atoms with E-state index in [2.05, 4.69) is 19.8 Å². The van der Waals surface area contributed by atoms with Crippen LogP contribution in [0.1, 0.15) is 21.8 Å². The van der Waals surface area contributed by atoms with Crippen molar-refractivity contribution >= 4 is 16.0 Å². The summed E-state index contributed by atoms with van der Waals surface area (Å²) in [7, 11) is -3.81. The number of hydrogen-bond donors (Lipinski definition) is 1. The van der Waals surface area contributed by atoms with Gasteiger partial charge in [-0.2, -0.15) is 4.98 Å². The van der Waals surface area contributed by atoms with Gasteiger partial charge in [-0.1, -0.05) is 41.6 Å². The second-order valence-corrected chi connectivity index (χ2v) is 8.43. The van der Waals surface area contributed by atoms with Gasteiger partial charge in [-0.3, -0.25) is 4.98 Å². The van der Waals surface area contributed by atoms with Crippen molar-refractivity contribution in [3.05, 3.63) is 96.1 Å². The minimum absolute atomic E-state index is 0.0421. The summed E-state index contributed by atoms with van der Waals surface area (Å²) in [5, 5.41) is 3.82. The molecule has 0 amide bonds. The van der Waals surface area contributed by atoms with Gasteiger partial charge in [0, 0.05) is 24.5 Å². The highest BCUT2D eigenvalue weighted by Crippen LogP contribution is 2.16. The molecule has 0 unspecified atom stereocenters. The monoisotopic (exact) mass is 450 g/mol. The van der Waals surface area contributed by atoms with Crippen LogP contribution < -0.4 is 4.72 Å². The van der Waals surface area contributed by atoms with Crippen LogP contribution in [0.15, 0.2) is 88.5 Å². The van der Waals surface area contributed by atoms with Crippen molar-refractivity contribution in [1.82, 2.24) is 19.8 Å². The number of sulfonamides is 1. The Balaban J connectivity index is 1.39. The number of carbonyl (C=O) groups is 1. The molecule has 0 aliphatic rings. The molecule has 0 aliphatic carbocycles. The van der Waals surface area contributed by atoms with Crippen LogP contribution in [-0.4, -0.2) is 29.5 Å². The van der Waals surface area contributed by atoms with Crippen LogP contribution in [0, 0.1) is 0 Å². The quantitative estimate of drug-likeness (QED) is 0.406. The third-order valence-electron chi connectivity index (χ3n) is 4.40. The second-order valence-electron chi connectivity index (χ2n) is 6.67. The second kappa shape index (κ2) is 9.50. The first-order valence-electron chi connectivity index (χ1n) is 9.55. The summed E-state index contributed by atoms with van der Waals surface area (Å²) in [5.74, 6) is -0.293. The van der Waals surface area contributed by atoms with E-state index >= 15 is 0 Å². The Morgan fingerprint density at radius 2 is 1.88 bits per heavy atom. The first-order valence-corrected chi connectivity index (χ1v) is 11.0. The van der Waals surface area contributed by atoms with E-state index < -0.39 is 16.0 Å². The summed E-state index contributed by atoms with van der Waals surface area (Å²) in [6.45, 7) is -0.121. The van der Waals surface area contributed by atoms with E-state index in [0.29, 0.717) is 11.4 Å². The molecule has 0 fully saturated rings. The van der Waals surface area contributed by atoms with Gasteiger partial charge in [-0.05, 0) is 35.9 Å². The molecule has 0 aliphatic heterocycles. The van der Waals surface area contributed by atoms with Crippen LogP contribution in [0.3, 0.4) is 0 Å². The number of nitrogens with zero attached hydrogens (tertiary/aromatic N) is 3. The van der Waals surface area contributed by atoms with Crippen LogP contribution in [-0.2, 0) is 27.9 Å². The largest absolute Gasteiger partial charge is 0.452 e. The van der Waals surface area contributed by atoms with Gasteiger partial charge in [0.25, 0.3) is 5.89 Å². The first kappa shape index (κ1) is 21.3. The minimum Gasteiger partial charge on any atom is -0.452 e. The molecule has 0 saturated heterocycles. The Labute approximate surface area is 184 Å². The highest BCUT2D eigenvalue weighted by atomic mass is 32.2. The van der Waals surface area contributed by atoms with Crippen LogP contribution >= 0.6 is 0 Å². The van der Waals surface area contributed by atoms with Crippen LogP contribution in [0.2, 0.25) is 0 Å². The van der Waals surface area contributed by atoms with E-state index in [1.54, 1.807) is 24.5 Å². The fourth-order valence-electron chi connectivity index (χ4n) is 2.78. The summed E-state index contributed by atoms with van der Waals surface area (Å²) in [5.41, 5.74) is 1.56. The van der Waals surface area contributed by atoms with E-state index in [0.717, 1.165) is 5.56 Å². The normalized spacial score (nSPS) is 11.2. The highest BCUT2D eigenvalue weighted by molar-refractivity contribution is 7.89. The predicted octanol–water partition coefficient (Wildman–Crippen LogP) is 2.97. The Morgan fingerprint density at radius 1 is 1.03 bits per heavy atom. The zero-order valence-corrected chi connectivity index (χ0v) is 17.5. The molecule has 162 valence electrons. The molecule has 0 spiro atoms. The number of esters is 1. The molecule has 10 heteroatoms. The van der Waals surface area contributed by atoms with Gasteiger partial charge in [0.1, 0.15) is 0 Å². The number of carbonyl (C=O) groups excluding carboxylic acids is 1. The van der Waals surface area contributed by atoms with Crippen molar-refractivity contribution in [3.63, 3.8) is 0 Å². The van der Waals surface area contributed by atoms with Crippen LogP contribution in [0.5, 0.6) is 0 Å². The third-order valence-corrected chi connectivity index (χ3v) is 5.80. The molecule has 2 aromatic carbocycles. The molecule has 4 aromatic rings. The van der Waals surface area contributed by atoms with Crippen LogP contribution in [0.25, 0.3) is 11.4 Å². The molecule has 0 saturated carbocycles. The molecular weight excluding hydrogens is 432 g/mol. The van der Waals surface area contributed by atoms with Crippen molar-refractivity contribution in [2.24, 2.45) is 0 Å². The number of aromatic nitrogens is 3. The summed E-state index contributed by atoms with van der Waals surface area (Å²) in [6.07, 6.45) is 3.20. The fourth-order valence-corrected chi connectivity index (χ4v) is 3.85.